The first-order chi connectivity index (χ1) is 18.6. The van der Waals surface area contributed by atoms with Crippen LogP contribution in [0.2, 0.25) is 0 Å². The van der Waals surface area contributed by atoms with Crippen molar-refractivity contribution < 1.29 is 23.1 Å². The number of ether oxygens (including phenoxy) is 1. The molecule has 0 saturated carbocycles. The van der Waals surface area contributed by atoms with Crippen molar-refractivity contribution in [1.82, 2.24) is 15.3 Å². The second-order valence-electron chi connectivity index (χ2n) is 10.2. The largest absolute Gasteiger partial charge is 0.444 e. The van der Waals surface area contributed by atoms with Crippen LogP contribution in [0.25, 0.3) is 20.8 Å². The summed E-state index contributed by atoms with van der Waals surface area (Å²) in [7, 11) is 0. The normalized spacial score (nSPS) is 15.8. The number of aromatic nitrogens is 2. The van der Waals surface area contributed by atoms with Crippen molar-refractivity contribution in [2.75, 3.05) is 23.3 Å². The lowest BCUT2D eigenvalue weighted by atomic mass is 10.0. The number of fused-ring (bicyclic) bond motifs is 1. The Kier molecular flexibility index (Phi) is 7.50. The average Bonchev–Trinajstić information content (AvgIpc) is 3.53. The number of rotatable bonds is 5. The molecule has 2 amide bonds. The van der Waals surface area contributed by atoms with Gasteiger partial charge in [-0.05, 0) is 57.2 Å². The van der Waals surface area contributed by atoms with E-state index in [-0.39, 0.29) is 22.3 Å². The Morgan fingerprint density at radius 2 is 1.92 bits per heavy atom. The number of anilines is 2. The zero-order valence-corrected chi connectivity index (χ0v) is 23.2. The van der Waals surface area contributed by atoms with Crippen LogP contribution in [0.4, 0.5) is 25.0 Å². The van der Waals surface area contributed by atoms with Crippen LogP contribution in [0, 0.1) is 11.6 Å². The molecule has 0 aliphatic carbocycles. The third-order valence-electron chi connectivity index (χ3n) is 6.09. The number of carbonyl (C=O) groups excluding carboxylic acids is 2. The second-order valence-corrected chi connectivity index (χ2v) is 11.9. The predicted molar refractivity (Wildman–Crippen MR) is 150 cm³/mol. The molecule has 1 unspecified atom stereocenters. The summed E-state index contributed by atoms with van der Waals surface area (Å²) in [5.41, 5.74) is 0.450. The molecular formula is C27H27F2N5O3S2. The van der Waals surface area contributed by atoms with Gasteiger partial charge in [-0.3, -0.25) is 4.79 Å². The molecule has 0 spiro atoms. The molecule has 5 rings (SSSR count). The number of benzene rings is 1. The molecule has 204 valence electrons. The van der Waals surface area contributed by atoms with Crippen LogP contribution >= 0.6 is 22.7 Å². The van der Waals surface area contributed by atoms with E-state index in [4.69, 9.17) is 4.74 Å². The van der Waals surface area contributed by atoms with E-state index in [1.165, 1.54) is 22.8 Å². The molecule has 4 heterocycles. The molecule has 1 atom stereocenters. The van der Waals surface area contributed by atoms with E-state index in [9.17, 15) is 18.4 Å². The summed E-state index contributed by atoms with van der Waals surface area (Å²) in [5, 5.41) is 10.2. The number of thiazole rings is 1. The van der Waals surface area contributed by atoms with Gasteiger partial charge in [0.2, 0.25) is 0 Å². The predicted octanol–water partition coefficient (Wildman–Crippen LogP) is 6.44. The van der Waals surface area contributed by atoms with E-state index >= 15 is 0 Å². The van der Waals surface area contributed by atoms with Crippen LogP contribution in [0.3, 0.4) is 0 Å². The van der Waals surface area contributed by atoms with Gasteiger partial charge in [0.15, 0.2) is 0 Å². The van der Waals surface area contributed by atoms with Gasteiger partial charge in [0.05, 0.1) is 23.1 Å². The molecule has 1 aliphatic rings. The van der Waals surface area contributed by atoms with Crippen molar-refractivity contribution in [2.24, 2.45) is 0 Å². The molecule has 1 saturated heterocycles. The smallest absolute Gasteiger partial charge is 0.407 e. The zero-order valence-electron chi connectivity index (χ0n) is 21.6. The van der Waals surface area contributed by atoms with Crippen LogP contribution in [-0.4, -0.2) is 46.7 Å². The topological polar surface area (TPSA) is 96.5 Å². The standard InChI is InChI=1S/C27H27F2N5O3S2/c1-27(2,3)37-26(36)31-15-6-5-10-34(13-15)22-16-9-11-38-24(16)30-12-19(22)32-23(35)20-14-39-25(33-20)21-17(28)7-4-8-18(21)29/h4,7-9,11-12,14-15H,5-6,10,13H2,1-3H3,(H,31,36)(H,32,35). The van der Waals surface area contributed by atoms with E-state index in [0.29, 0.717) is 12.2 Å². The quantitative estimate of drug-likeness (QED) is 0.286. The number of hydrogen-bond donors (Lipinski definition) is 2. The molecule has 1 fully saturated rings. The molecule has 4 aromatic rings. The molecule has 1 aliphatic heterocycles. The minimum absolute atomic E-state index is 0.0390. The van der Waals surface area contributed by atoms with Crippen LogP contribution in [0.5, 0.6) is 0 Å². The highest BCUT2D eigenvalue weighted by atomic mass is 32.1. The zero-order chi connectivity index (χ0) is 27.7. The van der Waals surface area contributed by atoms with E-state index < -0.39 is 29.2 Å². The third kappa shape index (κ3) is 6.01. The Balaban J connectivity index is 1.39. The molecule has 0 radical (unpaired) electrons. The van der Waals surface area contributed by atoms with Gasteiger partial charge in [-0.15, -0.1) is 22.7 Å². The number of alkyl carbamates (subject to hydrolysis) is 1. The maximum Gasteiger partial charge on any atom is 0.407 e. The molecule has 2 N–H and O–H groups in total. The first-order valence-corrected chi connectivity index (χ1v) is 14.2. The molecule has 39 heavy (non-hydrogen) atoms. The summed E-state index contributed by atoms with van der Waals surface area (Å²) >= 11 is 2.48. The summed E-state index contributed by atoms with van der Waals surface area (Å²) in [6, 6.07) is 5.38. The summed E-state index contributed by atoms with van der Waals surface area (Å²) in [5.74, 6) is -2.01. The second kappa shape index (κ2) is 10.9. The number of thiophene rings is 1. The highest BCUT2D eigenvalue weighted by molar-refractivity contribution is 7.16. The van der Waals surface area contributed by atoms with Gasteiger partial charge in [-0.1, -0.05) is 6.07 Å². The van der Waals surface area contributed by atoms with E-state index in [0.717, 1.165) is 58.8 Å². The van der Waals surface area contributed by atoms with Gasteiger partial charge in [0.1, 0.15) is 32.8 Å². The fourth-order valence-electron chi connectivity index (χ4n) is 4.50. The van der Waals surface area contributed by atoms with E-state index in [1.807, 2.05) is 32.2 Å². The van der Waals surface area contributed by atoms with Gasteiger partial charge in [0.25, 0.3) is 5.91 Å². The number of hydrogen-bond acceptors (Lipinski definition) is 8. The monoisotopic (exact) mass is 571 g/mol. The fourth-order valence-corrected chi connectivity index (χ4v) is 6.08. The molecule has 8 nitrogen and oxygen atoms in total. The molecule has 12 heteroatoms. The van der Waals surface area contributed by atoms with Crippen molar-refractivity contribution >= 4 is 56.3 Å². The summed E-state index contributed by atoms with van der Waals surface area (Å²) < 4.78 is 33.9. The Hall–Kier alpha value is -3.64. The first-order valence-electron chi connectivity index (χ1n) is 12.4. The number of carbonyl (C=O) groups is 2. The Bertz CT molecular complexity index is 1510. The van der Waals surface area contributed by atoms with Gasteiger partial charge < -0.3 is 20.3 Å². The van der Waals surface area contributed by atoms with Crippen molar-refractivity contribution in [3.05, 3.63) is 58.6 Å². The summed E-state index contributed by atoms with van der Waals surface area (Å²) in [6.45, 7) is 6.69. The van der Waals surface area contributed by atoms with Crippen molar-refractivity contribution in [3.8, 4) is 10.6 Å². The van der Waals surface area contributed by atoms with Crippen LogP contribution in [0.15, 0.2) is 41.2 Å². The van der Waals surface area contributed by atoms with Gasteiger partial charge in [-0.2, -0.15) is 0 Å². The van der Waals surface area contributed by atoms with Gasteiger partial charge >= 0.3 is 6.09 Å². The minimum atomic E-state index is -0.745. The van der Waals surface area contributed by atoms with E-state index in [2.05, 4.69) is 25.5 Å². The van der Waals surface area contributed by atoms with Crippen LogP contribution < -0.4 is 15.5 Å². The lowest BCUT2D eigenvalue weighted by Gasteiger charge is -2.36. The van der Waals surface area contributed by atoms with E-state index in [1.54, 1.807) is 6.20 Å². The maximum atomic E-state index is 14.2. The first kappa shape index (κ1) is 26.9. The molecule has 3 aromatic heterocycles. The fraction of sp³-hybridized carbons (Fsp3) is 0.333. The number of amides is 2. The SMILES string of the molecule is CC(C)(C)OC(=O)NC1CCCN(c2c(NC(=O)c3csc(-c4c(F)cccc4F)n3)cnc3sccc23)C1. The molecule has 0 bridgehead atoms. The van der Waals surface area contributed by atoms with Crippen molar-refractivity contribution in [1.29, 1.82) is 0 Å². The highest BCUT2D eigenvalue weighted by Gasteiger charge is 2.28. The molecule has 1 aromatic carbocycles. The number of piperidine rings is 1. The Morgan fingerprint density at radius 1 is 1.15 bits per heavy atom. The Labute approximate surface area is 232 Å². The Morgan fingerprint density at radius 3 is 2.67 bits per heavy atom. The molecular weight excluding hydrogens is 544 g/mol. The van der Waals surface area contributed by atoms with Crippen molar-refractivity contribution in [2.45, 2.75) is 45.3 Å². The average molecular weight is 572 g/mol. The lowest BCUT2D eigenvalue weighted by Crippen LogP contribution is -2.49. The highest BCUT2D eigenvalue weighted by Crippen LogP contribution is 2.38. The number of nitrogens with one attached hydrogen (secondary N) is 2. The van der Waals surface area contributed by atoms with Crippen LogP contribution in [0.1, 0.15) is 44.1 Å². The van der Waals surface area contributed by atoms with Crippen molar-refractivity contribution in [3.63, 3.8) is 0 Å². The lowest BCUT2D eigenvalue weighted by molar-refractivity contribution is 0.0500. The van der Waals surface area contributed by atoms with Crippen LogP contribution in [-0.2, 0) is 4.74 Å². The number of pyridine rings is 1. The summed E-state index contributed by atoms with van der Waals surface area (Å²) in [6.07, 6.45) is 2.75. The van der Waals surface area contributed by atoms with Gasteiger partial charge in [-0.25, -0.2) is 23.5 Å². The summed E-state index contributed by atoms with van der Waals surface area (Å²) in [4.78, 5) is 37.2. The number of nitrogens with zero attached hydrogens (tertiary/aromatic N) is 3. The third-order valence-corrected chi connectivity index (χ3v) is 7.77. The minimum Gasteiger partial charge on any atom is -0.444 e. The maximum absolute atomic E-state index is 14.2. The number of halogens is 2. The van der Waals surface area contributed by atoms with Gasteiger partial charge in [0, 0.05) is 29.9 Å².